The average molecular weight is 453 g/mol. The first-order valence-electron chi connectivity index (χ1n) is 9.72. The summed E-state index contributed by atoms with van der Waals surface area (Å²) in [6, 6.07) is 19.7. The first kappa shape index (κ1) is 21.2. The Labute approximate surface area is 187 Å². The summed E-state index contributed by atoms with van der Waals surface area (Å²) in [5.74, 6) is -0.539. The third kappa shape index (κ3) is 4.09. The van der Waals surface area contributed by atoms with E-state index in [9.17, 15) is 13.2 Å². The monoisotopic (exact) mass is 452 g/mol. The number of benzene rings is 3. The number of hydrogen-bond acceptors (Lipinski definition) is 4. The number of ketones is 1. The van der Waals surface area contributed by atoms with Gasteiger partial charge in [-0.15, -0.1) is 0 Å². The summed E-state index contributed by atoms with van der Waals surface area (Å²) in [7, 11) is -4.08. The first-order valence-corrected chi connectivity index (χ1v) is 11.5. The number of hydrogen-bond donors (Lipinski definition) is 1. The summed E-state index contributed by atoms with van der Waals surface area (Å²) in [4.78, 5) is 12.8. The molecule has 31 heavy (non-hydrogen) atoms. The lowest BCUT2D eigenvalue weighted by Gasteiger charge is -2.31. The van der Waals surface area contributed by atoms with Crippen LogP contribution in [0.1, 0.15) is 27.0 Å². The Morgan fingerprint density at radius 1 is 1.00 bits per heavy atom. The molecule has 5 nitrogen and oxygen atoms in total. The summed E-state index contributed by atoms with van der Waals surface area (Å²) >= 11 is 6.06. The zero-order chi connectivity index (χ0) is 22.2. The molecule has 7 heteroatoms. The third-order valence-corrected chi connectivity index (χ3v) is 7.21. The number of allylic oxidation sites excluding steroid dienone is 1. The van der Waals surface area contributed by atoms with Gasteiger partial charge in [0.05, 0.1) is 12.2 Å². The van der Waals surface area contributed by atoms with Crippen LogP contribution in [0.3, 0.4) is 0 Å². The summed E-state index contributed by atoms with van der Waals surface area (Å²) in [5.41, 5.74) is 4.15. The average Bonchev–Trinajstić information content (AvgIpc) is 2.74. The van der Waals surface area contributed by atoms with Gasteiger partial charge in [0.1, 0.15) is 0 Å². The summed E-state index contributed by atoms with van der Waals surface area (Å²) in [5, 5.41) is 3.47. The predicted octanol–water partition coefficient (Wildman–Crippen LogP) is 5.44. The van der Waals surface area contributed by atoms with Gasteiger partial charge in [-0.25, -0.2) is 8.42 Å². The number of nitrogens with zero attached hydrogens (tertiary/aromatic N) is 1. The van der Waals surface area contributed by atoms with E-state index in [0.717, 1.165) is 16.7 Å². The second kappa shape index (κ2) is 8.21. The van der Waals surface area contributed by atoms with E-state index in [1.807, 2.05) is 44.2 Å². The van der Waals surface area contributed by atoms with Crippen molar-refractivity contribution in [2.45, 2.75) is 20.4 Å². The van der Waals surface area contributed by atoms with Crippen LogP contribution in [0.4, 0.5) is 11.4 Å². The standard InChI is InChI=1S/C24H21ClN2O3S/c1-16-7-10-18(11-8-16)15-27-22-6-4-3-5-20(22)24(28)23(31(27,29)30)14-26-21-13-19(25)12-9-17(21)2/h3-14,26H,15H2,1-2H3. The maximum atomic E-state index is 13.5. The lowest BCUT2D eigenvalue weighted by Crippen LogP contribution is -2.39. The van der Waals surface area contributed by atoms with Gasteiger partial charge in [0.2, 0.25) is 5.78 Å². The minimum atomic E-state index is -4.08. The van der Waals surface area contributed by atoms with Crippen molar-refractivity contribution in [3.05, 3.63) is 105 Å². The minimum absolute atomic E-state index is 0.125. The molecule has 0 atom stereocenters. The second-order valence-corrected chi connectivity index (χ2v) is 9.72. The van der Waals surface area contributed by atoms with E-state index in [2.05, 4.69) is 5.32 Å². The molecule has 0 saturated carbocycles. The Bertz CT molecular complexity index is 1300. The Hall–Kier alpha value is -3.09. The molecule has 0 radical (unpaired) electrons. The molecule has 0 aromatic heterocycles. The van der Waals surface area contributed by atoms with Crippen molar-refractivity contribution >= 4 is 38.8 Å². The number of sulfonamides is 1. The molecule has 0 bridgehead atoms. The molecule has 0 unspecified atom stereocenters. The maximum Gasteiger partial charge on any atom is 0.270 e. The smallest absolute Gasteiger partial charge is 0.270 e. The number of anilines is 2. The van der Waals surface area contributed by atoms with E-state index < -0.39 is 15.8 Å². The molecule has 4 rings (SSSR count). The van der Waals surface area contributed by atoms with Crippen molar-refractivity contribution in [2.24, 2.45) is 0 Å². The number of rotatable bonds is 4. The van der Waals surface area contributed by atoms with Crippen molar-refractivity contribution in [3.63, 3.8) is 0 Å². The van der Waals surface area contributed by atoms with Gasteiger partial charge in [0.15, 0.2) is 4.91 Å². The molecule has 3 aromatic carbocycles. The number of Topliss-reactive ketones (excluding diaryl/α,β-unsaturated/α-hetero) is 1. The highest BCUT2D eigenvalue weighted by molar-refractivity contribution is 7.97. The summed E-state index contributed by atoms with van der Waals surface area (Å²) in [6.07, 6.45) is 1.26. The highest BCUT2D eigenvalue weighted by atomic mass is 35.5. The van der Waals surface area contributed by atoms with E-state index in [4.69, 9.17) is 11.6 Å². The zero-order valence-corrected chi connectivity index (χ0v) is 18.7. The van der Waals surface area contributed by atoms with Crippen LogP contribution in [-0.2, 0) is 16.6 Å². The molecule has 3 aromatic rings. The van der Waals surface area contributed by atoms with Gasteiger partial charge in [-0.1, -0.05) is 59.6 Å². The fraction of sp³-hybridized carbons (Fsp3) is 0.125. The topological polar surface area (TPSA) is 66.5 Å². The normalized spacial score (nSPS) is 16.3. The predicted molar refractivity (Wildman–Crippen MR) is 125 cm³/mol. The zero-order valence-electron chi connectivity index (χ0n) is 17.1. The number of carbonyl (C=O) groups excluding carboxylic acids is 1. The van der Waals surface area contributed by atoms with Crippen molar-refractivity contribution in [1.82, 2.24) is 0 Å². The highest BCUT2D eigenvalue weighted by Gasteiger charge is 2.40. The van der Waals surface area contributed by atoms with Gasteiger partial charge in [0.25, 0.3) is 10.0 Å². The molecule has 0 spiro atoms. The Balaban J connectivity index is 1.79. The Morgan fingerprint density at radius 2 is 1.71 bits per heavy atom. The molecule has 1 aliphatic heterocycles. The van der Waals surface area contributed by atoms with Crippen LogP contribution in [0.2, 0.25) is 5.02 Å². The molecule has 1 aliphatic rings. The molecule has 158 valence electrons. The summed E-state index contributed by atoms with van der Waals surface area (Å²) in [6.45, 7) is 3.97. The Kier molecular flexibility index (Phi) is 5.60. The van der Waals surface area contributed by atoms with Crippen LogP contribution in [0.15, 0.2) is 77.8 Å². The minimum Gasteiger partial charge on any atom is -0.360 e. The number of carbonyl (C=O) groups is 1. The molecular formula is C24H21ClN2O3S. The molecule has 1 heterocycles. The SMILES string of the molecule is Cc1ccc(CN2c3ccccc3C(=O)C(=CNc3cc(Cl)ccc3C)S2(=O)=O)cc1. The number of para-hydroxylation sites is 1. The lowest BCUT2D eigenvalue weighted by atomic mass is 10.1. The first-order chi connectivity index (χ1) is 14.8. The fourth-order valence-corrected chi connectivity index (χ4v) is 5.14. The van der Waals surface area contributed by atoms with Crippen molar-refractivity contribution in [1.29, 1.82) is 0 Å². The number of fused-ring (bicyclic) bond motifs is 1. The van der Waals surface area contributed by atoms with E-state index >= 15 is 0 Å². The number of aryl methyl sites for hydroxylation is 2. The van der Waals surface area contributed by atoms with E-state index in [-0.39, 0.29) is 11.4 Å². The maximum absolute atomic E-state index is 13.5. The van der Waals surface area contributed by atoms with Crippen LogP contribution in [0, 0.1) is 13.8 Å². The molecule has 0 aliphatic carbocycles. The van der Waals surface area contributed by atoms with E-state index in [1.165, 1.54) is 10.5 Å². The lowest BCUT2D eigenvalue weighted by molar-refractivity contribution is 0.104. The molecule has 1 N–H and O–H groups in total. The van der Waals surface area contributed by atoms with Crippen LogP contribution in [0.5, 0.6) is 0 Å². The van der Waals surface area contributed by atoms with Gasteiger partial charge in [-0.3, -0.25) is 9.10 Å². The van der Waals surface area contributed by atoms with Gasteiger partial charge < -0.3 is 5.32 Å². The van der Waals surface area contributed by atoms with Crippen LogP contribution in [-0.4, -0.2) is 14.2 Å². The molecule has 0 fully saturated rings. The fourth-order valence-electron chi connectivity index (χ4n) is 3.44. The Morgan fingerprint density at radius 3 is 2.45 bits per heavy atom. The number of nitrogens with one attached hydrogen (secondary N) is 1. The van der Waals surface area contributed by atoms with Crippen LogP contribution < -0.4 is 9.62 Å². The molecular weight excluding hydrogens is 432 g/mol. The summed E-state index contributed by atoms with van der Waals surface area (Å²) < 4.78 is 28.3. The van der Waals surface area contributed by atoms with Crippen LogP contribution in [0.25, 0.3) is 0 Å². The van der Waals surface area contributed by atoms with Gasteiger partial charge >= 0.3 is 0 Å². The second-order valence-electron chi connectivity index (χ2n) is 7.46. The highest BCUT2D eigenvalue weighted by Crippen LogP contribution is 2.36. The van der Waals surface area contributed by atoms with Crippen molar-refractivity contribution in [3.8, 4) is 0 Å². The quantitative estimate of drug-likeness (QED) is 0.535. The van der Waals surface area contributed by atoms with Crippen LogP contribution >= 0.6 is 11.6 Å². The largest absolute Gasteiger partial charge is 0.360 e. The van der Waals surface area contributed by atoms with Gasteiger partial charge in [0, 0.05) is 22.5 Å². The van der Waals surface area contributed by atoms with E-state index in [0.29, 0.717) is 22.0 Å². The number of halogens is 1. The third-order valence-electron chi connectivity index (χ3n) is 5.21. The molecule has 0 amide bonds. The van der Waals surface area contributed by atoms with Crippen molar-refractivity contribution in [2.75, 3.05) is 9.62 Å². The van der Waals surface area contributed by atoms with E-state index in [1.54, 1.807) is 36.4 Å². The van der Waals surface area contributed by atoms with Gasteiger partial charge in [-0.05, 0) is 49.2 Å². The molecule has 0 saturated heterocycles. The van der Waals surface area contributed by atoms with Gasteiger partial charge in [-0.2, -0.15) is 0 Å². The van der Waals surface area contributed by atoms with Crippen molar-refractivity contribution < 1.29 is 13.2 Å².